The number of carbonyl (C=O) groups is 1. The van der Waals surface area contributed by atoms with E-state index in [2.05, 4.69) is 5.43 Å². The Morgan fingerprint density at radius 3 is 2.42 bits per heavy atom. The number of hydrogen-bond acceptors (Lipinski definition) is 3. The Hall–Kier alpha value is -2.28. The Morgan fingerprint density at radius 1 is 1.15 bits per heavy atom. The number of carbonyl (C=O) groups excluding carboxylic acids is 1. The Kier molecular flexibility index (Phi) is 4.60. The Balaban J connectivity index is 2.14. The van der Waals surface area contributed by atoms with Crippen molar-refractivity contribution >= 4 is 16.7 Å². The quantitative estimate of drug-likeness (QED) is 0.878. The second-order valence-electron chi connectivity index (χ2n) is 7.38. The fraction of sp³-hybridized carbons (Fsp3) is 0.421. The van der Waals surface area contributed by atoms with Gasteiger partial charge in [-0.15, -0.1) is 0 Å². The molecule has 2 aromatic carbocycles. The van der Waals surface area contributed by atoms with Gasteiger partial charge in [-0.3, -0.25) is 10.2 Å². The van der Waals surface area contributed by atoms with Gasteiger partial charge in [0.15, 0.2) is 0 Å². The number of benzene rings is 2. The van der Waals surface area contributed by atoms with Gasteiger partial charge in [-0.1, -0.05) is 24.3 Å². The number of rotatable bonds is 3. The number of ether oxygens (including phenoxy) is 1. The summed E-state index contributed by atoms with van der Waals surface area (Å²) < 4.78 is 47.4. The monoisotopic (exact) mass is 366 g/mol. The van der Waals surface area contributed by atoms with Crippen molar-refractivity contribution in [2.75, 3.05) is 6.54 Å². The Bertz CT molecular complexity index is 828. The van der Waals surface area contributed by atoms with Gasteiger partial charge in [0.05, 0.1) is 0 Å². The van der Waals surface area contributed by atoms with Crippen LogP contribution in [-0.4, -0.2) is 29.2 Å². The van der Waals surface area contributed by atoms with E-state index in [1.165, 1.54) is 12.1 Å². The minimum atomic E-state index is -4.54. The summed E-state index contributed by atoms with van der Waals surface area (Å²) in [5.41, 5.74) is 1.79. The molecule has 1 heterocycles. The number of fused-ring (bicyclic) bond motifs is 1. The van der Waals surface area contributed by atoms with E-state index in [-0.39, 0.29) is 18.5 Å². The van der Waals surface area contributed by atoms with Gasteiger partial charge in [0.2, 0.25) is 5.91 Å². The minimum absolute atomic E-state index is 0.00526. The molecule has 1 amide bonds. The van der Waals surface area contributed by atoms with Crippen molar-refractivity contribution in [3.05, 3.63) is 42.0 Å². The molecule has 1 atom stereocenters. The molecular formula is C19H21F3N2O2. The van der Waals surface area contributed by atoms with Gasteiger partial charge in [-0.2, -0.15) is 13.2 Å². The molecule has 26 heavy (non-hydrogen) atoms. The second kappa shape index (κ2) is 6.46. The number of hydrazine groups is 1. The van der Waals surface area contributed by atoms with Crippen LogP contribution in [0.3, 0.4) is 0 Å². The lowest BCUT2D eigenvalue weighted by atomic mass is 9.99. The SMILES string of the molecule is CC(C)(C)Oc1cc([C@H](N2CCC(=O)N2)C(F)(F)F)cc2ccccc12. The van der Waals surface area contributed by atoms with Crippen LogP contribution in [0.5, 0.6) is 5.75 Å². The van der Waals surface area contributed by atoms with E-state index in [9.17, 15) is 18.0 Å². The van der Waals surface area contributed by atoms with Crippen molar-refractivity contribution in [1.82, 2.24) is 10.4 Å². The van der Waals surface area contributed by atoms with Gasteiger partial charge < -0.3 is 4.74 Å². The van der Waals surface area contributed by atoms with Crippen molar-refractivity contribution in [2.24, 2.45) is 0 Å². The van der Waals surface area contributed by atoms with Crippen LogP contribution in [0.2, 0.25) is 0 Å². The fourth-order valence-electron chi connectivity index (χ4n) is 3.10. The lowest BCUT2D eigenvalue weighted by molar-refractivity contribution is -0.191. The molecule has 3 rings (SSSR count). The number of alkyl halides is 3. The molecule has 1 saturated heterocycles. The van der Waals surface area contributed by atoms with Crippen LogP contribution in [-0.2, 0) is 4.79 Å². The summed E-state index contributed by atoms with van der Waals surface area (Å²) in [4.78, 5) is 11.4. The summed E-state index contributed by atoms with van der Waals surface area (Å²) in [6.07, 6.45) is -4.50. The zero-order valence-electron chi connectivity index (χ0n) is 14.9. The van der Waals surface area contributed by atoms with Crippen molar-refractivity contribution < 1.29 is 22.7 Å². The first kappa shape index (κ1) is 18.5. The molecule has 1 fully saturated rings. The summed E-state index contributed by atoms with van der Waals surface area (Å²) in [5, 5.41) is 2.36. The largest absolute Gasteiger partial charge is 0.487 e. The van der Waals surface area contributed by atoms with E-state index in [4.69, 9.17) is 4.74 Å². The van der Waals surface area contributed by atoms with E-state index in [0.29, 0.717) is 11.1 Å². The van der Waals surface area contributed by atoms with Gasteiger partial charge in [0.1, 0.15) is 17.4 Å². The summed E-state index contributed by atoms with van der Waals surface area (Å²) in [5.74, 6) is -0.0171. The van der Waals surface area contributed by atoms with Gasteiger partial charge in [0, 0.05) is 18.4 Å². The maximum Gasteiger partial charge on any atom is 0.409 e. The summed E-state index contributed by atoms with van der Waals surface area (Å²) >= 11 is 0. The predicted molar refractivity (Wildman–Crippen MR) is 92.6 cm³/mol. The van der Waals surface area contributed by atoms with E-state index in [1.807, 2.05) is 32.9 Å². The van der Waals surface area contributed by atoms with Crippen LogP contribution in [0.15, 0.2) is 36.4 Å². The van der Waals surface area contributed by atoms with E-state index >= 15 is 0 Å². The van der Waals surface area contributed by atoms with Crippen molar-refractivity contribution in [3.63, 3.8) is 0 Å². The molecular weight excluding hydrogens is 345 g/mol. The van der Waals surface area contributed by atoms with Crippen LogP contribution >= 0.6 is 0 Å². The molecule has 0 bridgehead atoms. The highest BCUT2D eigenvalue weighted by Crippen LogP contribution is 2.41. The molecule has 0 saturated carbocycles. The maximum atomic E-state index is 13.8. The molecule has 1 N–H and O–H groups in total. The van der Waals surface area contributed by atoms with Gasteiger partial charge >= 0.3 is 6.18 Å². The van der Waals surface area contributed by atoms with Gasteiger partial charge in [0.25, 0.3) is 0 Å². The molecule has 0 radical (unpaired) electrons. The first-order valence-corrected chi connectivity index (χ1v) is 8.39. The average Bonchev–Trinajstić information content (AvgIpc) is 2.90. The standard InChI is InChI=1S/C19H21F3N2O2/c1-18(2,3)26-15-11-13(10-12-6-4-5-7-14(12)15)17(19(20,21)22)24-9-8-16(25)23-24/h4-7,10-11,17H,8-9H2,1-3H3,(H,23,25)/t17-/m0/s1. The minimum Gasteiger partial charge on any atom is -0.487 e. The molecule has 1 aliphatic rings. The van der Waals surface area contributed by atoms with Crippen LogP contribution in [0, 0.1) is 0 Å². The lowest BCUT2D eigenvalue weighted by Gasteiger charge is -2.30. The number of amides is 1. The van der Waals surface area contributed by atoms with Crippen LogP contribution < -0.4 is 10.2 Å². The number of hydrogen-bond donors (Lipinski definition) is 1. The lowest BCUT2D eigenvalue weighted by Crippen LogP contribution is -2.43. The van der Waals surface area contributed by atoms with Crippen LogP contribution in [0.4, 0.5) is 13.2 Å². The Morgan fingerprint density at radius 2 is 1.85 bits per heavy atom. The first-order chi connectivity index (χ1) is 12.0. The number of nitrogens with zero attached hydrogens (tertiary/aromatic N) is 1. The molecule has 7 heteroatoms. The zero-order chi connectivity index (χ0) is 19.1. The summed E-state index contributed by atoms with van der Waals surface area (Å²) in [6, 6.07) is 8.17. The highest BCUT2D eigenvalue weighted by Gasteiger charge is 2.47. The van der Waals surface area contributed by atoms with Crippen molar-refractivity contribution in [1.29, 1.82) is 0 Å². The van der Waals surface area contributed by atoms with Crippen LogP contribution in [0.1, 0.15) is 38.8 Å². The highest BCUT2D eigenvalue weighted by molar-refractivity contribution is 5.89. The van der Waals surface area contributed by atoms with Crippen LogP contribution in [0.25, 0.3) is 10.8 Å². The maximum absolute atomic E-state index is 13.8. The van der Waals surface area contributed by atoms with Gasteiger partial charge in [-0.25, -0.2) is 5.01 Å². The fourth-order valence-corrected chi connectivity index (χ4v) is 3.10. The van der Waals surface area contributed by atoms with E-state index < -0.39 is 23.7 Å². The third-order valence-corrected chi connectivity index (χ3v) is 4.05. The van der Waals surface area contributed by atoms with Crippen molar-refractivity contribution in [2.45, 2.75) is 45.0 Å². The molecule has 2 aromatic rings. The highest BCUT2D eigenvalue weighted by atomic mass is 19.4. The third-order valence-electron chi connectivity index (χ3n) is 4.05. The molecule has 1 aliphatic heterocycles. The third kappa shape index (κ3) is 3.93. The predicted octanol–water partition coefficient (Wildman–Crippen LogP) is 4.36. The normalized spacial score (nSPS) is 17.4. The average molecular weight is 366 g/mol. The summed E-state index contributed by atoms with van der Waals surface area (Å²) in [7, 11) is 0. The number of halogens is 3. The zero-order valence-corrected chi connectivity index (χ0v) is 14.9. The van der Waals surface area contributed by atoms with Crippen molar-refractivity contribution in [3.8, 4) is 5.75 Å². The van der Waals surface area contributed by atoms with E-state index in [1.54, 1.807) is 12.1 Å². The summed E-state index contributed by atoms with van der Waals surface area (Å²) in [6.45, 7) is 5.54. The molecule has 0 aliphatic carbocycles. The molecule has 0 spiro atoms. The number of nitrogens with one attached hydrogen (secondary N) is 1. The topological polar surface area (TPSA) is 41.6 Å². The van der Waals surface area contributed by atoms with E-state index in [0.717, 1.165) is 10.4 Å². The second-order valence-corrected chi connectivity index (χ2v) is 7.38. The Labute approximate surface area is 149 Å². The molecule has 0 aromatic heterocycles. The first-order valence-electron chi connectivity index (χ1n) is 8.39. The molecule has 140 valence electrons. The van der Waals surface area contributed by atoms with Gasteiger partial charge in [-0.05, 0) is 43.9 Å². The smallest absolute Gasteiger partial charge is 0.409 e. The molecule has 0 unspecified atom stereocenters. The molecule has 4 nitrogen and oxygen atoms in total.